The number of benzene rings is 2. The minimum absolute atomic E-state index is 0.197. The van der Waals surface area contributed by atoms with Crippen LogP contribution in [0.15, 0.2) is 30.3 Å². The predicted molar refractivity (Wildman–Crippen MR) is 128 cm³/mol. The summed E-state index contributed by atoms with van der Waals surface area (Å²) < 4.78 is 6.29. The molecule has 2 bridgehead atoms. The molecule has 2 unspecified atom stereocenters. The van der Waals surface area contributed by atoms with E-state index in [9.17, 15) is 15.2 Å². The molecule has 5 rings (SSSR count). The Morgan fingerprint density at radius 1 is 1.09 bits per heavy atom. The van der Waals surface area contributed by atoms with Crippen molar-refractivity contribution in [2.24, 2.45) is 11.8 Å². The fourth-order valence-corrected chi connectivity index (χ4v) is 6.35. The lowest BCUT2D eigenvalue weighted by Gasteiger charge is -2.48. The van der Waals surface area contributed by atoms with Gasteiger partial charge in [0.2, 0.25) is 0 Å². The summed E-state index contributed by atoms with van der Waals surface area (Å²) in [6.07, 6.45) is 9.61. The highest BCUT2D eigenvalue weighted by Gasteiger charge is 2.40. The van der Waals surface area contributed by atoms with E-state index in [1.54, 1.807) is 0 Å². The summed E-state index contributed by atoms with van der Waals surface area (Å²) in [6, 6.07) is 13.6. The molecule has 2 heterocycles. The van der Waals surface area contributed by atoms with Gasteiger partial charge in [-0.1, -0.05) is 31.5 Å². The summed E-state index contributed by atoms with van der Waals surface area (Å²) >= 11 is 0. The Morgan fingerprint density at radius 2 is 1.82 bits per heavy atom. The molecule has 0 radical (unpaired) electrons. The summed E-state index contributed by atoms with van der Waals surface area (Å²) in [7, 11) is 0. The third-order valence-corrected chi connectivity index (χ3v) is 8.25. The number of fused-ring (bicyclic) bond motifs is 3. The third kappa shape index (κ3) is 4.59. The Kier molecular flexibility index (Phi) is 6.29. The highest BCUT2D eigenvalue weighted by molar-refractivity contribution is 5.90. The fourth-order valence-electron chi connectivity index (χ4n) is 6.35. The molecule has 1 aliphatic carbocycles. The van der Waals surface area contributed by atoms with E-state index in [1.165, 1.54) is 24.8 Å². The average Bonchev–Trinajstić information content (AvgIpc) is 2.80. The number of nitriles is 1. The molecule has 2 aromatic carbocycles. The quantitative estimate of drug-likeness (QED) is 0.620. The Bertz CT molecular complexity index is 1050. The van der Waals surface area contributed by atoms with Gasteiger partial charge in [0.05, 0.1) is 12.0 Å². The number of carboxylic acids is 1. The van der Waals surface area contributed by atoms with Crippen molar-refractivity contribution in [2.45, 2.75) is 89.4 Å². The first-order chi connectivity index (χ1) is 16.0. The number of hydrogen-bond donors (Lipinski definition) is 1. The monoisotopic (exact) mass is 446 g/mol. The molecular formula is C28H34N2O3. The molecule has 2 saturated heterocycles. The first-order valence-corrected chi connectivity index (χ1v) is 12.6. The molecule has 5 nitrogen and oxygen atoms in total. The fraction of sp³-hybridized carbons (Fsp3) is 0.571. The van der Waals surface area contributed by atoms with Crippen molar-refractivity contribution >= 4 is 16.7 Å². The van der Waals surface area contributed by atoms with E-state index in [0.29, 0.717) is 23.4 Å². The molecule has 3 fully saturated rings. The molecule has 1 N–H and O–H groups in total. The molecule has 0 aromatic heterocycles. The second-order valence-electron chi connectivity index (χ2n) is 10.5. The highest BCUT2D eigenvalue weighted by atomic mass is 16.5. The summed E-state index contributed by atoms with van der Waals surface area (Å²) in [5.41, 5.74) is 1.86. The molecule has 3 aliphatic rings. The van der Waals surface area contributed by atoms with E-state index in [0.717, 1.165) is 61.8 Å². The van der Waals surface area contributed by atoms with Gasteiger partial charge in [0.25, 0.3) is 0 Å². The lowest BCUT2D eigenvalue weighted by atomic mass is 9.78. The number of aliphatic carboxylic acids is 1. The van der Waals surface area contributed by atoms with Gasteiger partial charge in [-0.05, 0) is 80.4 Å². The largest absolute Gasteiger partial charge is 0.489 e. The minimum atomic E-state index is -0.637. The number of carbonyl (C=O) groups is 1. The predicted octanol–water partition coefficient (Wildman–Crippen LogP) is 5.89. The second kappa shape index (κ2) is 9.35. The first-order valence-electron chi connectivity index (χ1n) is 12.6. The summed E-state index contributed by atoms with van der Waals surface area (Å²) in [5.74, 6) is 0.645. The number of rotatable bonds is 5. The lowest BCUT2D eigenvalue weighted by Crippen LogP contribution is -2.52. The van der Waals surface area contributed by atoms with Crippen LogP contribution >= 0.6 is 0 Å². The zero-order valence-corrected chi connectivity index (χ0v) is 19.5. The van der Waals surface area contributed by atoms with Crippen molar-refractivity contribution in [3.8, 4) is 11.8 Å². The number of hydrogen-bond acceptors (Lipinski definition) is 4. The summed E-state index contributed by atoms with van der Waals surface area (Å²) in [4.78, 5) is 14.1. The van der Waals surface area contributed by atoms with E-state index in [2.05, 4.69) is 42.2 Å². The van der Waals surface area contributed by atoms with Crippen molar-refractivity contribution in [1.82, 2.24) is 4.90 Å². The standard InChI is InChI=1S/C28H34N2O3/c1-18-5-9-24(10-6-18)33-27-12-8-20-13-19(7-11-25(20)26(27)16-29)17-30-22-3-2-4-23(30)15-21(14-22)28(31)32/h7-8,11-13,18,21-24H,2-6,9-10,14-15,17H2,1H3,(H,31,32). The van der Waals surface area contributed by atoms with Crippen LogP contribution in [-0.4, -0.2) is 34.2 Å². The first kappa shape index (κ1) is 22.2. The maximum absolute atomic E-state index is 11.6. The van der Waals surface area contributed by atoms with E-state index in [1.807, 2.05) is 6.07 Å². The zero-order chi connectivity index (χ0) is 22.9. The van der Waals surface area contributed by atoms with Gasteiger partial charge < -0.3 is 9.84 Å². The van der Waals surface area contributed by atoms with Gasteiger partial charge in [0, 0.05) is 24.0 Å². The zero-order valence-electron chi connectivity index (χ0n) is 19.5. The van der Waals surface area contributed by atoms with E-state index in [-0.39, 0.29) is 12.0 Å². The highest BCUT2D eigenvalue weighted by Crippen LogP contribution is 2.39. The normalized spacial score (nSPS) is 30.0. The van der Waals surface area contributed by atoms with Gasteiger partial charge in [-0.15, -0.1) is 0 Å². The maximum atomic E-state index is 11.6. The SMILES string of the molecule is CC1CCC(Oc2ccc3cc(CN4C5CCCC4CC(C(=O)O)C5)ccc3c2C#N)CC1. The van der Waals surface area contributed by atoms with Gasteiger partial charge >= 0.3 is 5.97 Å². The van der Waals surface area contributed by atoms with Crippen LogP contribution in [0.4, 0.5) is 0 Å². The third-order valence-electron chi connectivity index (χ3n) is 8.25. The lowest BCUT2D eigenvalue weighted by molar-refractivity contribution is -0.146. The average molecular weight is 447 g/mol. The Balaban J connectivity index is 1.35. The Labute approximate surface area is 196 Å². The van der Waals surface area contributed by atoms with E-state index < -0.39 is 5.97 Å². The Hall–Kier alpha value is -2.58. The van der Waals surface area contributed by atoms with Gasteiger partial charge in [-0.25, -0.2) is 0 Å². The molecule has 2 atom stereocenters. The minimum Gasteiger partial charge on any atom is -0.489 e. The van der Waals surface area contributed by atoms with E-state index >= 15 is 0 Å². The van der Waals surface area contributed by atoms with Gasteiger partial charge in [0.15, 0.2) is 0 Å². The molecule has 174 valence electrons. The molecule has 5 heteroatoms. The van der Waals surface area contributed by atoms with Crippen molar-refractivity contribution < 1.29 is 14.6 Å². The van der Waals surface area contributed by atoms with Crippen LogP contribution in [-0.2, 0) is 11.3 Å². The summed E-state index contributed by atoms with van der Waals surface area (Å²) in [5, 5.41) is 21.5. The van der Waals surface area contributed by atoms with Crippen LogP contribution in [0.25, 0.3) is 10.8 Å². The van der Waals surface area contributed by atoms with Crippen LogP contribution in [0.2, 0.25) is 0 Å². The topological polar surface area (TPSA) is 73.6 Å². The number of piperidine rings is 2. The van der Waals surface area contributed by atoms with Crippen LogP contribution in [0.1, 0.15) is 75.8 Å². The maximum Gasteiger partial charge on any atom is 0.306 e. The van der Waals surface area contributed by atoms with Crippen molar-refractivity contribution in [1.29, 1.82) is 5.26 Å². The Morgan fingerprint density at radius 3 is 2.48 bits per heavy atom. The van der Waals surface area contributed by atoms with Crippen molar-refractivity contribution in [2.75, 3.05) is 0 Å². The number of carboxylic acid groups (broad SMARTS) is 1. The van der Waals surface area contributed by atoms with Crippen LogP contribution in [0, 0.1) is 23.2 Å². The molecule has 0 amide bonds. The van der Waals surface area contributed by atoms with Crippen molar-refractivity contribution in [3.63, 3.8) is 0 Å². The molecule has 1 saturated carbocycles. The second-order valence-corrected chi connectivity index (χ2v) is 10.5. The van der Waals surface area contributed by atoms with Crippen molar-refractivity contribution in [3.05, 3.63) is 41.5 Å². The molecule has 2 aromatic rings. The molecule has 33 heavy (non-hydrogen) atoms. The van der Waals surface area contributed by atoms with Crippen LogP contribution < -0.4 is 4.74 Å². The molecular weight excluding hydrogens is 412 g/mol. The molecule has 2 aliphatic heterocycles. The van der Waals surface area contributed by atoms with Crippen LogP contribution in [0.5, 0.6) is 5.75 Å². The number of nitrogens with zero attached hydrogens (tertiary/aromatic N) is 2. The number of ether oxygens (including phenoxy) is 1. The molecule has 0 spiro atoms. The van der Waals surface area contributed by atoms with Crippen LogP contribution in [0.3, 0.4) is 0 Å². The van der Waals surface area contributed by atoms with E-state index in [4.69, 9.17) is 4.74 Å². The van der Waals surface area contributed by atoms with Gasteiger partial charge in [0.1, 0.15) is 17.4 Å². The van der Waals surface area contributed by atoms with Gasteiger partial charge in [-0.2, -0.15) is 5.26 Å². The smallest absolute Gasteiger partial charge is 0.306 e. The summed E-state index contributed by atoms with van der Waals surface area (Å²) in [6.45, 7) is 3.14. The van der Waals surface area contributed by atoms with Gasteiger partial charge in [-0.3, -0.25) is 9.69 Å².